The van der Waals surface area contributed by atoms with Crippen LogP contribution in [0, 0.1) is 6.92 Å². The minimum absolute atomic E-state index is 0.173. The molecule has 0 fully saturated rings. The van der Waals surface area contributed by atoms with E-state index in [0.717, 1.165) is 16.7 Å². The van der Waals surface area contributed by atoms with Crippen molar-refractivity contribution in [2.45, 2.75) is 13.0 Å². The Hall–Kier alpha value is -3.99. The molecule has 5 heteroatoms. The number of hydrogen-bond acceptors (Lipinski definition) is 3. The second-order valence-corrected chi connectivity index (χ2v) is 7.03. The number of carbonyl (C=O) groups is 1. The molecule has 1 heterocycles. The molecular weight excluding hydrogens is 374 g/mol. The first kappa shape index (κ1) is 19.3. The van der Waals surface area contributed by atoms with Crippen LogP contribution in [0.25, 0.3) is 5.69 Å². The monoisotopic (exact) mass is 395 g/mol. The first-order valence-electron chi connectivity index (χ1n) is 9.70. The van der Waals surface area contributed by atoms with Gasteiger partial charge in [0.05, 0.1) is 11.7 Å². The average molecular weight is 395 g/mol. The molecule has 0 radical (unpaired) electrons. The molecule has 1 aromatic heterocycles. The minimum atomic E-state index is -0.353. The average Bonchev–Trinajstić information content (AvgIpc) is 2.79. The van der Waals surface area contributed by atoms with Crippen LogP contribution in [0.4, 0.5) is 0 Å². The third kappa shape index (κ3) is 4.20. The van der Waals surface area contributed by atoms with Crippen molar-refractivity contribution in [2.75, 3.05) is 0 Å². The van der Waals surface area contributed by atoms with Gasteiger partial charge >= 0.3 is 0 Å². The Balaban J connectivity index is 1.68. The smallest absolute Gasteiger partial charge is 0.272 e. The van der Waals surface area contributed by atoms with Gasteiger partial charge in [0, 0.05) is 6.07 Å². The van der Waals surface area contributed by atoms with E-state index in [9.17, 15) is 9.59 Å². The molecule has 148 valence electrons. The fourth-order valence-electron chi connectivity index (χ4n) is 3.25. The molecule has 0 aliphatic carbocycles. The molecule has 0 saturated heterocycles. The maximum absolute atomic E-state index is 13.1. The maximum Gasteiger partial charge on any atom is 0.272 e. The number of nitrogens with one attached hydrogen (secondary N) is 1. The zero-order valence-electron chi connectivity index (χ0n) is 16.5. The predicted octanol–water partition coefficient (Wildman–Crippen LogP) is 4.06. The Kier molecular flexibility index (Phi) is 5.52. The Morgan fingerprint density at radius 3 is 2.07 bits per heavy atom. The fourth-order valence-corrected chi connectivity index (χ4v) is 3.25. The largest absolute Gasteiger partial charge is 0.340 e. The van der Waals surface area contributed by atoms with Gasteiger partial charge in [-0.05, 0) is 36.2 Å². The van der Waals surface area contributed by atoms with Gasteiger partial charge < -0.3 is 5.32 Å². The first-order valence-corrected chi connectivity index (χ1v) is 9.70. The highest BCUT2D eigenvalue weighted by atomic mass is 16.2. The number of rotatable bonds is 5. The van der Waals surface area contributed by atoms with E-state index in [-0.39, 0.29) is 23.2 Å². The summed E-state index contributed by atoms with van der Waals surface area (Å²) < 4.78 is 1.23. The number of nitrogens with zero attached hydrogens (tertiary/aromatic N) is 2. The standard InChI is InChI=1S/C25H21N3O2/c1-18-12-14-20(15-13-18)24(19-8-4-2-5-9-19)26-25(30)22-16-17-23(29)28(27-22)21-10-6-3-7-11-21/h2-17,24H,1H3,(H,26,30). The number of benzene rings is 3. The van der Waals surface area contributed by atoms with Crippen LogP contribution in [0.15, 0.2) is 102 Å². The highest BCUT2D eigenvalue weighted by molar-refractivity contribution is 5.92. The van der Waals surface area contributed by atoms with Crippen molar-refractivity contribution in [3.63, 3.8) is 0 Å². The van der Waals surface area contributed by atoms with Crippen molar-refractivity contribution < 1.29 is 4.79 Å². The van der Waals surface area contributed by atoms with Gasteiger partial charge in [-0.3, -0.25) is 9.59 Å². The van der Waals surface area contributed by atoms with E-state index in [1.807, 2.05) is 79.7 Å². The highest BCUT2D eigenvalue weighted by Crippen LogP contribution is 2.22. The summed E-state index contributed by atoms with van der Waals surface area (Å²) in [5.74, 6) is -0.353. The number of para-hydroxylation sites is 1. The lowest BCUT2D eigenvalue weighted by Gasteiger charge is -2.20. The van der Waals surface area contributed by atoms with E-state index < -0.39 is 0 Å². The summed E-state index contributed by atoms with van der Waals surface area (Å²) in [5, 5.41) is 7.36. The summed E-state index contributed by atoms with van der Waals surface area (Å²) in [5.41, 5.74) is 3.56. The van der Waals surface area contributed by atoms with E-state index >= 15 is 0 Å². The Bertz CT molecular complexity index is 1200. The summed E-state index contributed by atoms with van der Waals surface area (Å²) in [6.45, 7) is 2.02. The fraction of sp³-hybridized carbons (Fsp3) is 0.0800. The summed E-state index contributed by atoms with van der Waals surface area (Å²) in [6.07, 6.45) is 0. The van der Waals surface area contributed by atoms with Crippen molar-refractivity contribution in [1.29, 1.82) is 0 Å². The molecule has 4 rings (SSSR count). The van der Waals surface area contributed by atoms with E-state index in [2.05, 4.69) is 10.4 Å². The molecule has 0 bridgehead atoms. The van der Waals surface area contributed by atoms with E-state index in [1.54, 1.807) is 12.1 Å². The number of carbonyl (C=O) groups excluding carboxylic acids is 1. The van der Waals surface area contributed by atoms with E-state index in [1.165, 1.54) is 16.8 Å². The molecule has 4 aromatic rings. The highest BCUT2D eigenvalue weighted by Gasteiger charge is 2.19. The van der Waals surface area contributed by atoms with Crippen molar-refractivity contribution in [1.82, 2.24) is 15.1 Å². The molecule has 3 aromatic carbocycles. The van der Waals surface area contributed by atoms with Gasteiger partial charge in [0.2, 0.25) is 0 Å². The minimum Gasteiger partial charge on any atom is -0.340 e. The second-order valence-electron chi connectivity index (χ2n) is 7.03. The maximum atomic E-state index is 13.1. The number of aromatic nitrogens is 2. The molecule has 5 nitrogen and oxygen atoms in total. The van der Waals surface area contributed by atoms with Crippen molar-refractivity contribution in [2.24, 2.45) is 0 Å². The second kappa shape index (κ2) is 8.57. The topological polar surface area (TPSA) is 64.0 Å². The zero-order valence-corrected chi connectivity index (χ0v) is 16.5. The summed E-state index contributed by atoms with van der Waals surface area (Å²) in [4.78, 5) is 25.3. The van der Waals surface area contributed by atoms with Gasteiger partial charge in [0.25, 0.3) is 11.5 Å². The first-order chi connectivity index (χ1) is 14.6. The molecule has 1 unspecified atom stereocenters. The third-order valence-corrected chi connectivity index (χ3v) is 4.85. The van der Waals surface area contributed by atoms with Gasteiger partial charge in [0.1, 0.15) is 5.69 Å². The van der Waals surface area contributed by atoms with Crippen molar-refractivity contribution in [3.8, 4) is 5.69 Å². The number of amides is 1. The Morgan fingerprint density at radius 2 is 1.40 bits per heavy atom. The lowest BCUT2D eigenvalue weighted by Crippen LogP contribution is -2.32. The lowest BCUT2D eigenvalue weighted by atomic mass is 9.97. The molecule has 0 spiro atoms. The van der Waals surface area contributed by atoms with Crippen molar-refractivity contribution >= 4 is 5.91 Å². The van der Waals surface area contributed by atoms with Gasteiger partial charge in [-0.15, -0.1) is 0 Å². The normalized spacial score (nSPS) is 11.6. The molecule has 1 amide bonds. The molecule has 0 saturated carbocycles. The molecule has 30 heavy (non-hydrogen) atoms. The summed E-state index contributed by atoms with van der Waals surface area (Å²) >= 11 is 0. The Labute approximate surface area is 174 Å². The summed E-state index contributed by atoms with van der Waals surface area (Å²) in [6, 6.07) is 29.3. The SMILES string of the molecule is Cc1ccc(C(NC(=O)c2ccc(=O)n(-c3ccccc3)n2)c2ccccc2)cc1. The summed E-state index contributed by atoms with van der Waals surface area (Å²) in [7, 11) is 0. The zero-order chi connectivity index (χ0) is 20.9. The van der Waals surface area contributed by atoms with Crippen LogP contribution in [-0.4, -0.2) is 15.7 Å². The van der Waals surface area contributed by atoms with Crippen LogP contribution in [0.1, 0.15) is 33.2 Å². The van der Waals surface area contributed by atoms with Crippen LogP contribution >= 0.6 is 0 Å². The molecule has 1 N–H and O–H groups in total. The van der Waals surface area contributed by atoms with Crippen LogP contribution in [0.3, 0.4) is 0 Å². The van der Waals surface area contributed by atoms with E-state index in [0.29, 0.717) is 5.69 Å². The van der Waals surface area contributed by atoms with E-state index in [4.69, 9.17) is 0 Å². The number of aryl methyl sites for hydroxylation is 1. The molecular formula is C25H21N3O2. The van der Waals surface area contributed by atoms with Crippen molar-refractivity contribution in [3.05, 3.63) is 130 Å². The predicted molar refractivity (Wildman–Crippen MR) is 117 cm³/mol. The molecule has 0 aliphatic rings. The van der Waals surface area contributed by atoms with Crippen LogP contribution < -0.4 is 10.9 Å². The number of hydrogen-bond donors (Lipinski definition) is 1. The van der Waals surface area contributed by atoms with Crippen LogP contribution in [0.2, 0.25) is 0 Å². The molecule has 1 atom stereocenters. The van der Waals surface area contributed by atoms with Gasteiger partial charge in [0.15, 0.2) is 0 Å². The Morgan fingerprint density at radius 1 is 0.800 bits per heavy atom. The van der Waals surface area contributed by atoms with Gasteiger partial charge in [-0.25, -0.2) is 0 Å². The third-order valence-electron chi connectivity index (χ3n) is 4.85. The van der Waals surface area contributed by atoms with Gasteiger partial charge in [-0.2, -0.15) is 9.78 Å². The van der Waals surface area contributed by atoms with Gasteiger partial charge in [-0.1, -0.05) is 78.4 Å². The lowest BCUT2D eigenvalue weighted by molar-refractivity contribution is 0.0936. The molecule has 0 aliphatic heterocycles. The van der Waals surface area contributed by atoms with Crippen LogP contribution in [-0.2, 0) is 0 Å². The quantitative estimate of drug-likeness (QED) is 0.554. The van der Waals surface area contributed by atoms with Crippen LogP contribution in [0.5, 0.6) is 0 Å².